The lowest BCUT2D eigenvalue weighted by atomic mass is 10.0. The molecule has 214 valence electrons. The first-order valence-corrected chi connectivity index (χ1v) is 14.3. The van der Waals surface area contributed by atoms with E-state index in [1.807, 2.05) is 67.6 Å². The summed E-state index contributed by atoms with van der Waals surface area (Å²) in [5.74, 6) is -0.681. The Bertz CT molecular complexity index is 1480. The number of rotatable bonds is 9. The van der Waals surface area contributed by atoms with Crippen molar-refractivity contribution in [3.8, 4) is 5.75 Å². The molecule has 41 heavy (non-hydrogen) atoms. The molecule has 0 saturated heterocycles. The van der Waals surface area contributed by atoms with Gasteiger partial charge < -0.3 is 15.2 Å². The van der Waals surface area contributed by atoms with Gasteiger partial charge in [0.2, 0.25) is 0 Å². The van der Waals surface area contributed by atoms with Gasteiger partial charge in [-0.05, 0) is 78.9 Å². The van der Waals surface area contributed by atoms with Crippen molar-refractivity contribution in [2.24, 2.45) is 0 Å². The van der Waals surface area contributed by atoms with Gasteiger partial charge in [0.1, 0.15) is 11.4 Å². The highest BCUT2D eigenvalue weighted by Gasteiger charge is 2.20. The second-order valence-electron chi connectivity index (χ2n) is 9.59. The highest BCUT2D eigenvalue weighted by molar-refractivity contribution is 6.30. The number of amides is 1. The molecule has 0 aliphatic heterocycles. The van der Waals surface area contributed by atoms with Crippen LogP contribution in [0.1, 0.15) is 78.1 Å². The van der Waals surface area contributed by atoms with Crippen molar-refractivity contribution in [1.82, 2.24) is 10.3 Å². The second kappa shape index (κ2) is 15.6. The number of ether oxygens (including phenoxy) is 1. The molecule has 0 aliphatic rings. The molecule has 4 aromatic rings. The Hall–Kier alpha value is -4.16. The number of hydrogen-bond acceptors (Lipinski definition) is 5. The molecule has 0 fully saturated rings. The van der Waals surface area contributed by atoms with Gasteiger partial charge in [-0.1, -0.05) is 81.3 Å². The largest absolute Gasteiger partial charge is 0.508 e. The zero-order valence-electron chi connectivity index (χ0n) is 24.0. The van der Waals surface area contributed by atoms with Crippen LogP contribution in [-0.4, -0.2) is 34.6 Å². The smallest absolute Gasteiger partial charge is 0.338 e. The maximum Gasteiger partial charge on any atom is 0.338 e. The average Bonchev–Trinajstić information content (AvgIpc) is 2.97. The van der Waals surface area contributed by atoms with Crippen LogP contribution in [0.25, 0.3) is 23.1 Å². The predicted molar refractivity (Wildman–Crippen MR) is 167 cm³/mol. The monoisotopic (exact) mass is 572 g/mol. The maximum atomic E-state index is 13.2. The summed E-state index contributed by atoms with van der Waals surface area (Å²) >= 11 is 5.97. The first-order valence-electron chi connectivity index (χ1n) is 13.9. The van der Waals surface area contributed by atoms with Crippen LogP contribution >= 0.6 is 11.6 Å². The third-order valence-corrected chi connectivity index (χ3v) is 6.40. The lowest BCUT2D eigenvalue weighted by Crippen LogP contribution is -2.36. The lowest BCUT2D eigenvalue weighted by molar-refractivity contribution is 0.0528. The number of aromatic hydroxyl groups is 1. The van der Waals surface area contributed by atoms with Crippen molar-refractivity contribution in [1.29, 1.82) is 0 Å². The maximum absolute atomic E-state index is 13.2. The van der Waals surface area contributed by atoms with Crippen molar-refractivity contribution >= 4 is 46.5 Å². The minimum Gasteiger partial charge on any atom is -0.508 e. The van der Waals surface area contributed by atoms with Gasteiger partial charge in [-0.25, -0.2) is 9.78 Å². The number of carbonyl (C=O) groups is 2. The molecular weight excluding hydrogens is 536 g/mol. The fourth-order valence-electron chi connectivity index (χ4n) is 4.08. The number of hydrogen-bond donors (Lipinski definition) is 2. The Morgan fingerprint density at radius 1 is 0.927 bits per heavy atom. The molecule has 1 atom stereocenters. The van der Waals surface area contributed by atoms with Crippen molar-refractivity contribution in [2.45, 2.75) is 53.0 Å². The molecule has 0 radical (unpaired) electrons. The van der Waals surface area contributed by atoms with E-state index in [9.17, 15) is 14.7 Å². The third-order valence-electron chi connectivity index (χ3n) is 6.15. The van der Waals surface area contributed by atoms with E-state index in [-0.39, 0.29) is 35.6 Å². The number of phenols is 1. The van der Waals surface area contributed by atoms with Crippen LogP contribution in [0.15, 0.2) is 72.8 Å². The molecule has 0 bridgehead atoms. The molecule has 1 heterocycles. The SMILES string of the molecule is CCC.CCOC(=O)c1cc(C(=O)NC(CC)Cc2ccc(O)cc2)nc2ccc(/C=C/c3ccc(Cl)cc3)cc12. The van der Waals surface area contributed by atoms with E-state index in [2.05, 4.69) is 24.1 Å². The van der Waals surface area contributed by atoms with E-state index >= 15 is 0 Å². The van der Waals surface area contributed by atoms with E-state index in [1.165, 1.54) is 12.5 Å². The van der Waals surface area contributed by atoms with Gasteiger partial charge in [-0.3, -0.25) is 4.79 Å². The van der Waals surface area contributed by atoms with Gasteiger partial charge in [0.05, 0.1) is 17.7 Å². The van der Waals surface area contributed by atoms with Gasteiger partial charge in [0.25, 0.3) is 5.91 Å². The number of pyridine rings is 1. The fraction of sp³-hybridized carbons (Fsp3) is 0.265. The highest BCUT2D eigenvalue weighted by atomic mass is 35.5. The summed E-state index contributed by atoms with van der Waals surface area (Å²) in [4.78, 5) is 30.6. The second-order valence-corrected chi connectivity index (χ2v) is 10.0. The van der Waals surface area contributed by atoms with Crippen molar-refractivity contribution in [3.05, 3.63) is 106 Å². The van der Waals surface area contributed by atoms with Crippen LogP contribution in [-0.2, 0) is 11.2 Å². The number of aromatic nitrogens is 1. The number of esters is 1. The van der Waals surface area contributed by atoms with Crippen LogP contribution in [0.4, 0.5) is 0 Å². The lowest BCUT2D eigenvalue weighted by Gasteiger charge is -2.17. The summed E-state index contributed by atoms with van der Waals surface area (Å²) < 4.78 is 5.29. The first kappa shape index (κ1) is 31.4. The Morgan fingerprint density at radius 3 is 2.20 bits per heavy atom. The van der Waals surface area contributed by atoms with E-state index in [0.29, 0.717) is 28.8 Å². The summed E-state index contributed by atoms with van der Waals surface area (Å²) in [5, 5.41) is 13.8. The number of phenolic OH excluding ortho intramolecular Hbond substituents is 1. The molecule has 0 saturated carbocycles. The number of benzene rings is 3. The van der Waals surface area contributed by atoms with E-state index in [0.717, 1.165) is 16.7 Å². The molecule has 1 unspecified atom stereocenters. The quantitative estimate of drug-likeness (QED) is 0.156. The van der Waals surface area contributed by atoms with Crippen molar-refractivity contribution in [2.75, 3.05) is 6.61 Å². The Morgan fingerprint density at radius 2 is 1.56 bits per heavy atom. The normalized spacial score (nSPS) is 11.5. The number of halogens is 1. The van der Waals surface area contributed by atoms with Crippen molar-refractivity contribution < 1.29 is 19.4 Å². The topological polar surface area (TPSA) is 88.5 Å². The van der Waals surface area contributed by atoms with E-state index in [1.54, 1.807) is 25.1 Å². The van der Waals surface area contributed by atoms with Gasteiger partial charge in [0, 0.05) is 16.5 Å². The molecule has 3 aromatic carbocycles. The Kier molecular flexibility index (Phi) is 11.9. The number of carbonyl (C=O) groups excluding carboxylic acids is 2. The number of nitrogens with one attached hydrogen (secondary N) is 1. The molecule has 1 amide bonds. The zero-order chi connectivity index (χ0) is 29.8. The molecule has 0 spiro atoms. The van der Waals surface area contributed by atoms with Crippen molar-refractivity contribution in [3.63, 3.8) is 0 Å². The number of nitrogens with zero attached hydrogens (tertiary/aromatic N) is 1. The third kappa shape index (κ3) is 9.19. The molecule has 1 aromatic heterocycles. The molecule has 0 aliphatic carbocycles. The predicted octanol–water partition coefficient (Wildman–Crippen LogP) is 8.11. The van der Waals surface area contributed by atoms with Crippen LogP contribution < -0.4 is 5.32 Å². The summed E-state index contributed by atoms with van der Waals surface area (Å²) in [5.41, 5.74) is 3.81. The summed E-state index contributed by atoms with van der Waals surface area (Å²) in [7, 11) is 0. The van der Waals surface area contributed by atoms with E-state index < -0.39 is 5.97 Å². The van der Waals surface area contributed by atoms with Gasteiger partial charge in [-0.15, -0.1) is 0 Å². The molecule has 4 rings (SSSR count). The Balaban J connectivity index is 0.00000147. The first-order chi connectivity index (χ1) is 19.8. The molecule has 2 N–H and O–H groups in total. The van der Waals surface area contributed by atoms with Crippen LogP contribution in [0.5, 0.6) is 5.75 Å². The molecule has 7 heteroatoms. The summed E-state index contributed by atoms with van der Waals surface area (Å²) in [6.45, 7) is 8.19. The van der Waals surface area contributed by atoms with Crippen LogP contribution in [0, 0.1) is 0 Å². The van der Waals surface area contributed by atoms with Gasteiger partial charge in [0.15, 0.2) is 0 Å². The zero-order valence-corrected chi connectivity index (χ0v) is 24.7. The summed E-state index contributed by atoms with van der Waals surface area (Å²) in [6, 6.07) is 21.3. The van der Waals surface area contributed by atoms with Gasteiger partial charge >= 0.3 is 5.97 Å². The standard InChI is InChI=1S/C31H29ClN2O4.C3H8/c1-3-24(17-21-9-14-25(35)15-10-21)33-30(36)29-19-27(31(37)38-4-2)26-18-22(11-16-28(26)34-29)6-5-20-7-12-23(32)13-8-20;1-3-2/h5-16,18-19,24,35H,3-4,17H2,1-2H3,(H,33,36);3H2,1-2H3/b6-5+;. The van der Waals surface area contributed by atoms with Crippen LogP contribution in [0.2, 0.25) is 5.02 Å². The number of fused-ring (bicyclic) bond motifs is 1. The van der Waals surface area contributed by atoms with E-state index in [4.69, 9.17) is 16.3 Å². The highest BCUT2D eigenvalue weighted by Crippen LogP contribution is 2.23. The summed E-state index contributed by atoms with van der Waals surface area (Å²) in [6.07, 6.45) is 6.45. The van der Waals surface area contributed by atoms with Crippen LogP contribution in [0.3, 0.4) is 0 Å². The fourth-order valence-corrected chi connectivity index (χ4v) is 4.21. The average molecular weight is 573 g/mol. The minimum atomic E-state index is -0.510. The molecule has 6 nitrogen and oxygen atoms in total. The Labute approximate surface area is 247 Å². The van der Waals surface area contributed by atoms with Gasteiger partial charge in [-0.2, -0.15) is 0 Å². The minimum absolute atomic E-state index is 0.143. The molecular formula is C34H37ClN2O4.